The molecule has 1 aliphatic heterocycles. The minimum atomic E-state index is -0.992. The van der Waals surface area contributed by atoms with Gasteiger partial charge in [0.25, 0.3) is 0 Å². The maximum absolute atomic E-state index is 12.8. The standard InChI is InChI=1S/C19H22N2O3S/c1-19(2,3)18-20-13(11-25-18)10-15(22)21-9-8-12-6-4-5-7-14(12)16(21)17(23)24/h4-7,11,16H,8-10H2,1-3H3,(H,23,24). The van der Waals surface area contributed by atoms with Crippen LogP contribution in [0.3, 0.4) is 0 Å². The average molecular weight is 358 g/mol. The Morgan fingerprint density at radius 1 is 1.32 bits per heavy atom. The molecular formula is C19H22N2O3S. The van der Waals surface area contributed by atoms with E-state index >= 15 is 0 Å². The molecule has 132 valence electrons. The van der Waals surface area contributed by atoms with E-state index in [4.69, 9.17) is 0 Å². The summed E-state index contributed by atoms with van der Waals surface area (Å²) in [5.74, 6) is -1.18. The first kappa shape index (κ1) is 17.6. The van der Waals surface area contributed by atoms with Gasteiger partial charge in [-0.3, -0.25) is 4.79 Å². The van der Waals surface area contributed by atoms with Crippen molar-refractivity contribution in [3.05, 3.63) is 51.5 Å². The lowest BCUT2D eigenvalue weighted by atomic mass is 9.92. The van der Waals surface area contributed by atoms with Gasteiger partial charge in [0.15, 0.2) is 6.04 Å². The van der Waals surface area contributed by atoms with Crippen LogP contribution < -0.4 is 0 Å². The summed E-state index contributed by atoms with van der Waals surface area (Å²) >= 11 is 1.54. The molecule has 1 aromatic heterocycles. The Morgan fingerprint density at radius 3 is 2.68 bits per heavy atom. The zero-order valence-electron chi connectivity index (χ0n) is 14.7. The van der Waals surface area contributed by atoms with Gasteiger partial charge in [0.05, 0.1) is 17.1 Å². The normalized spacial score (nSPS) is 17.2. The lowest BCUT2D eigenvalue weighted by Gasteiger charge is -2.34. The number of benzene rings is 1. The molecule has 3 rings (SSSR count). The molecule has 25 heavy (non-hydrogen) atoms. The molecule has 6 heteroatoms. The molecule has 0 saturated heterocycles. The van der Waals surface area contributed by atoms with E-state index in [0.29, 0.717) is 24.2 Å². The third-order valence-corrected chi connectivity index (χ3v) is 5.68. The van der Waals surface area contributed by atoms with Crippen LogP contribution in [0, 0.1) is 0 Å². The van der Waals surface area contributed by atoms with Crippen molar-refractivity contribution < 1.29 is 14.7 Å². The number of fused-ring (bicyclic) bond motifs is 1. The van der Waals surface area contributed by atoms with Crippen molar-refractivity contribution in [1.29, 1.82) is 0 Å². The summed E-state index contributed by atoms with van der Waals surface area (Å²) < 4.78 is 0. The van der Waals surface area contributed by atoms with Gasteiger partial charge in [-0.1, -0.05) is 45.0 Å². The summed E-state index contributed by atoms with van der Waals surface area (Å²) in [6.45, 7) is 6.67. The lowest BCUT2D eigenvalue weighted by Crippen LogP contribution is -2.44. The average Bonchev–Trinajstić information content (AvgIpc) is 3.02. The van der Waals surface area contributed by atoms with Gasteiger partial charge in [-0.2, -0.15) is 0 Å². The van der Waals surface area contributed by atoms with Crippen molar-refractivity contribution in [3.63, 3.8) is 0 Å². The number of thiazole rings is 1. The van der Waals surface area contributed by atoms with Crippen molar-refractivity contribution in [2.45, 2.75) is 45.1 Å². The van der Waals surface area contributed by atoms with E-state index in [2.05, 4.69) is 25.8 Å². The molecule has 1 atom stereocenters. The molecule has 5 nitrogen and oxygen atoms in total. The Balaban J connectivity index is 1.82. The zero-order chi connectivity index (χ0) is 18.2. The monoisotopic (exact) mass is 358 g/mol. The molecule has 2 heterocycles. The molecule has 0 spiro atoms. The van der Waals surface area contributed by atoms with Crippen LogP contribution in [0.2, 0.25) is 0 Å². The third kappa shape index (κ3) is 3.58. The number of aliphatic carboxylic acids is 1. The summed E-state index contributed by atoms with van der Waals surface area (Å²) in [5, 5.41) is 12.5. The number of carboxylic acid groups (broad SMARTS) is 1. The lowest BCUT2D eigenvalue weighted by molar-refractivity contribution is -0.151. The molecule has 0 aliphatic carbocycles. The molecular weight excluding hydrogens is 336 g/mol. The number of hydrogen-bond donors (Lipinski definition) is 1. The number of carboxylic acids is 1. The van der Waals surface area contributed by atoms with E-state index < -0.39 is 12.0 Å². The summed E-state index contributed by atoms with van der Waals surface area (Å²) in [6, 6.07) is 6.53. The number of nitrogens with zero attached hydrogens (tertiary/aromatic N) is 2. The van der Waals surface area contributed by atoms with Gasteiger partial charge in [-0.15, -0.1) is 11.3 Å². The van der Waals surface area contributed by atoms with E-state index in [1.165, 1.54) is 4.90 Å². The topological polar surface area (TPSA) is 70.5 Å². The first-order chi connectivity index (χ1) is 11.8. The Morgan fingerprint density at radius 2 is 2.04 bits per heavy atom. The molecule has 0 bridgehead atoms. The third-order valence-electron chi connectivity index (χ3n) is 4.36. The second-order valence-corrected chi connectivity index (χ2v) is 8.21. The molecule has 2 aromatic rings. The van der Waals surface area contributed by atoms with Crippen LogP contribution in [0.1, 0.15) is 48.6 Å². The number of carbonyl (C=O) groups is 2. The zero-order valence-corrected chi connectivity index (χ0v) is 15.5. The Labute approximate surface area is 151 Å². The Bertz CT molecular complexity index is 807. The predicted octanol–water partition coefficient (Wildman–Crippen LogP) is 3.19. The molecule has 1 amide bonds. The van der Waals surface area contributed by atoms with Crippen molar-refractivity contribution in [2.24, 2.45) is 0 Å². The minimum Gasteiger partial charge on any atom is -0.479 e. The molecule has 0 radical (unpaired) electrons. The second kappa shape index (κ2) is 6.59. The van der Waals surface area contributed by atoms with Crippen LogP contribution in [0.15, 0.2) is 29.6 Å². The number of rotatable bonds is 3. The van der Waals surface area contributed by atoms with Crippen LogP contribution in [0.25, 0.3) is 0 Å². The summed E-state index contributed by atoms with van der Waals surface area (Å²) in [7, 11) is 0. The van der Waals surface area contributed by atoms with E-state index in [1.54, 1.807) is 17.4 Å². The van der Waals surface area contributed by atoms with Gasteiger partial charge < -0.3 is 10.0 Å². The van der Waals surface area contributed by atoms with Crippen LogP contribution in [-0.2, 0) is 27.8 Å². The molecule has 1 unspecified atom stereocenters. The fourth-order valence-corrected chi connectivity index (χ4v) is 4.00. The summed E-state index contributed by atoms with van der Waals surface area (Å²) in [5.41, 5.74) is 2.37. The maximum atomic E-state index is 12.8. The van der Waals surface area contributed by atoms with E-state index in [-0.39, 0.29) is 17.7 Å². The molecule has 1 N–H and O–H groups in total. The highest BCUT2D eigenvalue weighted by Gasteiger charge is 2.35. The molecule has 1 aromatic carbocycles. The maximum Gasteiger partial charge on any atom is 0.331 e. The van der Waals surface area contributed by atoms with Crippen LogP contribution in [0.5, 0.6) is 0 Å². The van der Waals surface area contributed by atoms with Gasteiger partial charge in [0.2, 0.25) is 5.91 Å². The number of aromatic nitrogens is 1. The van der Waals surface area contributed by atoms with Crippen LogP contribution in [0.4, 0.5) is 0 Å². The fraction of sp³-hybridized carbons (Fsp3) is 0.421. The van der Waals surface area contributed by atoms with Gasteiger partial charge in [0.1, 0.15) is 0 Å². The summed E-state index contributed by atoms with van der Waals surface area (Å²) in [6.07, 6.45) is 0.814. The van der Waals surface area contributed by atoms with E-state index in [0.717, 1.165) is 10.6 Å². The van der Waals surface area contributed by atoms with Gasteiger partial charge in [-0.05, 0) is 17.5 Å². The molecule has 1 aliphatic rings. The minimum absolute atomic E-state index is 0.0559. The van der Waals surface area contributed by atoms with Crippen molar-refractivity contribution in [2.75, 3.05) is 6.54 Å². The Hall–Kier alpha value is -2.21. The Kier molecular flexibility index (Phi) is 4.64. The first-order valence-electron chi connectivity index (χ1n) is 8.32. The van der Waals surface area contributed by atoms with Crippen molar-refractivity contribution >= 4 is 23.2 Å². The quantitative estimate of drug-likeness (QED) is 0.915. The SMILES string of the molecule is CC(C)(C)c1nc(CC(=O)N2CCc3ccccc3C2C(=O)O)cs1. The number of amides is 1. The number of hydrogen-bond acceptors (Lipinski definition) is 4. The smallest absolute Gasteiger partial charge is 0.331 e. The fourth-order valence-electron chi connectivity index (χ4n) is 3.09. The summed E-state index contributed by atoms with van der Waals surface area (Å²) in [4.78, 5) is 30.6. The van der Waals surface area contributed by atoms with Gasteiger partial charge in [-0.25, -0.2) is 9.78 Å². The van der Waals surface area contributed by atoms with Gasteiger partial charge >= 0.3 is 5.97 Å². The van der Waals surface area contributed by atoms with E-state index in [9.17, 15) is 14.7 Å². The predicted molar refractivity (Wildman–Crippen MR) is 96.8 cm³/mol. The highest BCUT2D eigenvalue weighted by Crippen LogP contribution is 2.31. The van der Waals surface area contributed by atoms with Crippen LogP contribution >= 0.6 is 11.3 Å². The first-order valence-corrected chi connectivity index (χ1v) is 9.20. The second-order valence-electron chi connectivity index (χ2n) is 7.35. The van der Waals surface area contributed by atoms with Crippen molar-refractivity contribution in [3.8, 4) is 0 Å². The van der Waals surface area contributed by atoms with Crippen LogP contribution in [-0.4, -0.2) is 33.4 Å². The van der Waals surface area contributed by atoms with Gasteiger partial charge in [0, 0.05) is 17.3 Å². The largest absolute Gasteiger partial charge is 0.479 e. The molecule has 0 fully saturated rings. The highest BCUT2D eigenvalue weighted by atomic mass is 32.1. The highest BCUT2D eigenvalue weighted by molar-refractivity contribution is 7.09. The molecule has 0 saturated carbocycles. The number of carbonyl (C=O) groups excluding carboxylic acids is 1. The van der Waals surface area contributed by atoms with Crippen molar-refractivity contribution in [1.82, 2.24) is 9.88 Å². The van der Waals surface area contributed by atoms with E-state index in [1.807, 2.05) is 23.6 Å².